The van der Waals surface area contributed by atoms with Gasteiger partial charge in [-0.3, -0.25) is 13.9 Å². The minimum absolute atomic E-state index is 0.0326. The van der Waals surface area contributed by atoms with Crippen LogP contribution in [0.15, 0.2) is 42.5 Å². The summed E-state index contributed by atoms with van der Waals surface area (Å²) in [7, 11) is -3.75. The average molecular weight is 502 g/mol. The maximum atomic E-state index is 13.8. The third-order valence-electron chi connectivity index (χ3n) is 6.16. The molecule has 0 aliphatic rings. The first-order valence-corrected chi connectivity index (χ1v) is 13.9. The second-order valence-corrected chi connectivity index (χ2v) is 11.2. The third-order valence-corrected chi connectivity index (χ3v) is 7.30. The molecular formula is C27H39N3O4S. The van der Waals surface area contributed by atoms with Crippen molar-refractivity contribution in [2.45, 2.75) is 73.0 Å². The quantitative estimate of drug-likeness (QED) is 0.502. The van der Waals surface area contributed by atoms with Gasteiger partial charge >= 0.3 is 0 Å². The second-order valence-electron chi connectivity index (χ2n) is 9.31. The lowest BCUT2D eigenvalue weighted by Gasteiger charge is -2.33. The van der Waals surface area contributed by atoms with Gasteiger partial charge in [-0.2, -0.15) is 0 Å². The Morgan fingerprint density at radius 2 is 1.57 bits per heavy atom. The molecule has 0 unspecified atom stereocenters. The maximum Gasteiger partial charge on any atom is 0.244 e. The van der Waals surface area contributed by atoms with Crippen molar-refractivity contribution in [3.8, 4) is 0 Å². The summed E-state index contributed by atoms with van der Waals surface area (Å²) in [5.74, 6) is -0.662. The minimum Gasteiger partial charge on any atom is -0.352 e. The molecule has 0 radical (unpaired) electrons. The Labute approximate surface area is 210 Å². The molecule has 0 aromatic heterocycles. The van der Waals surface area contributed by atoms with Gasteiger partial charge in [0.25, 0.3) is 0 Å². The Morgan fingerprint density at radius 1 is 0.971 bits per heavy atom. The van der Waals surface area contributed by atoms with Crippen LogP contribution in [0.25, 0.3) is 0 Å². The van der Waals surface area contributed by atoms with Crippen molar-refractivity contribution in [1.82, 2.24) is 10.2 Å². The van der Waals surface area contributed by atoms with Crippen molar-refractivity contribution in [3.63, 3.8) is 0 Å². The van der Waals surface area contributed by atoms with Crippen molar-refractivity contribution < 1.29 is 18.0 Å². The van der Waals surface area contributed by atoms with Gasteiger partial charge in [0.15, 0.2) is 0 Å². The second kappa shape index (κ2) is 12.2. The predicted octanol–water partition coefficient (Wildman–Crippen LogP) is 4.10. The summed E-state index contributed by atoms with van der Waals surface area (Å²) in [5, 5.41) is 2.98. The lowest BCUT2D eigenvalue weighted by Crippen LogP contribution is -2.53. The summed E-state index contributed by atoms with van der Waals surface area (Å²) in [4.78, 5) is 28.4. The van der Waals surface area contributed by atoms with Crippen LogP contribution in [-0.2, 0) is 26.2 Å². The number of hydrogen-bond donors (Lipinski definition) is 1. The molecule has 0 saturated heterocycles. The van der Waals surface area contributed by atoms with E-state index in [2.05, 4.69) is 5.32 Å². The standard InChI is InChI=1S/C27H39N3O4S/c1-8-22(6)28-27(32)25(9-2)29(17-23-13-11-10-12-21(23)5)26(31)18-30(35(7,33)34)24-15-19(3)14-20(4)16-24/h10-16,22,25H,8-9,17-18H2,1-7H3,(H,28,32)/t22-,25-/m1/s1. The highest BCUT2D eigenvalue weighted by molar-refractivity contribution is 7.92. The van der Waals surface area contributed by atoms with E-state index in [4.69, 9.17) is 0 Å². The number of carbonyl (C=O) groups excluding carboxylic acids is 2. The molecule has 2 rings (SSSR count). The van der Waals surface area contributed by atoms with E-state index in [-0.39, 0.29) is 25.0 Å². The molecule has 2 atom stereocenters. The SMILES string of the molecule is CC[C@@H](C)NC(=O)[C@@H](CC)N(Cc1ccccc1C)C(=O)CN(c1cc(C)cc(C)c1)S(C)(=O)=O. The van der Waals surface area contributed by atoms with E-state index >= 15 is 0 Å². The number of aryl methyl sites for hydroxylation is 3. The molecule has 192 valence electrons. The largest absolute Gasteiger partial charge is 0.352 e. The van der Waals surface area contributed by atoms with Gasteiger partial charge in [-0.15, -0.1) is 0 Å². The highest BCUT2D eigenvalue weighted by Crippen LogP contribution is 2.23. The van der Waals surface area contributed by atoms with Crippen molar-refractivity contribution in [1.29, 1.82) is 0 Å². The number of amides is 2. The first kappa shape index (κ1) is 28.4. The molecule has 35 heavy (non-hydrogen) atoms. The lowest BCUT2D eigenvalue weighted by atomic mass is 10.1. The molecule has 2 aromatic rings. The monoisotopic (exact) mass is 501 g/mol. The number of anilines is 1. The summed E-state index contributed by atoms with van der Waals surface area (Å²) in [6.07, 6.45) is 2.27. The Kier molecular flexibility index (Phi) is 9.89. The third kappa shape index (κ3) is 7.82. The van der Waals surface area contributed by atoms with Gasteiger partial charge in [0.05, 0.1) is 11.9 Å². The Balaban J connectivity index is 2.49. The molecule has 2 aromatic carbocycles. The van der Waals surface area contributed by atoms with Crippen molar-refractivity contribution >= 4 is 27.5 Å². The van der Waals surface area contributed by atoms with Crippen LogP contribution < -0.4 is 9.62 Å². The number of benzene rings is 2. The molecule has 0 aliphatic carbocycles. The lowest BCUT2D eigenvalue weighted by molar-refractivity contribution is -0.140. The van der Waals surface area contributed by atoms with Crippen LogP contribution in [0.5, 0.6) is 0 Å². The smallest absolute Gasteiger partial charge is 0.244 e. The molecule has 1 N–H and O–H groups in total. The number of nitrogens with zero attached hydrogens (tertiary/aromatic N) is 2. The number of nitrogens with one attached hydrogen (secondary N) is 1. The number of sulfonamides is 1. The highest BCUT2D eigenvalue weighted by Gasteiger charge is 2.32. The molecule has 0 saturated carbocycles. The van der Waals surface area contributed by atoms with E-state index in [0.717, 1.165) is 39.2 Å². The number of hydrogen-bond acceptors (Lipinski definition) is 4. The zero-order valence-corrected chi connectivity index (χ0v) is 22.8. The molecule has 0 heterocycles. The van der Waals surface area contributed by atoms with Crippen molar-refractivity contribution in [3.05, 3.63) is 64.7 Å². The Hall–Kier alpha value is -2.87. The van der Waals surface area contributed by atoms with E-state index in [1.807, 2.05) is 71.9 Å². The van der Waals surface area contributed by atoms with Crippen LogP contribution in [-0.4, -0.2) is 50.0 Å². The minimum atomic E-state index is -3.75. The average Bonchev–Trinajstić information content (AvgIpc) is 2.76. The fourth-order valence-electron chi connectivity index (χ4n) is 4.04. The van der Waals surface area contributed by atoms with E-state index in [1.165, 1.54) is 4.90 Å². The fourth-order valence-corrected chi connectivity index (χ4v) is 4.87. The molecular weight excluding hydrogens is 462 g/mol. The molecule has 0 spiro atoms. The van der Waals surface area contributed by atoms with Gasteiger partial charge in [0.1, 0.15) is 12.6 Å². The van der Waals surface area contributed by atoms with Crippen LogP contribution in [0.3, 0.4) is 0 Å². The van der Waals surface area contributed by atoms with Crippen LogP contribution in [0.1, 0.15) is 55.9 Å². The van der Waals surface area contributed by atoms with E-state index in [9.17, 15) is 18.0 Å². The van der Waals surface area contributed by atoms with Gasteiger partial charge in [0, 0.05) is 12.6 Å². The Bertz CT molecular complexity index is 1130. The number of rotatable bonds is 11. The van der Waals surface area contributed by atoms with Crippen LogP contribution >= 0.6 is 0 Å². The summed E-state index contributed by atoms with van der Waals surface area (Å²) in [5.41, 5.74) is 4.14. The van der Waals surface area contributed by atoms with E-state index < -0.39 is 22.0 Å². The normalized spacial score (nSPS) is 13.1. The summed E-state index contributed by atoms with van der Waals surface area (Å²) >= 11 is 0. The van der Waals surface area contributed by atoms with Crippen LogP contribution in [0, 0.1) is 20.8 Å². The van der Waals surface area contributed by atoms with Crippen LogP contribution in [0.2, 0.25) is 0 Å². The van der Waals surface area contributed by atoms with Crippen LogP contribution in [0.4, 0.5) is 5.69 Å². The van der Waals surface area contributed by atoms with Crippen molar-refractivity contribution in [2.24, 2.45) is 0 Å². The van der Waals surface area contributed by atoms with Gasteiger partial charge in [-0.25, -0.2) is 8.42 Å². The zero-order chi connectivity index (χ0) is 26.3. The fraction of sp³-hybridized carbons (Fsp3) is 0.481. The maximum absolute atomic E-state index is 13.8. The van der Waals surface area contributed by atoms with Crippen molar-refractivity contribution in [2.75, 3.05) is 17.1 Å². The van der Waals surface area contributed by atoms with Gasteiger partial charge in [-0.1, -0.05) is 44.2 Å². The molecule has 0 aliphatic heterocycles. The highest BCUT2D eigenvalue weighted by atomic mass is 32.2. The summed E-state index contributed by atoms with van der Waals surface area (Å²) in [6, 6.07) is 12.4. The van der Waals surface area contributed by atoms with Gasteiger partial charge in [0.2, 0.25) is 21.8 Å². The van der Waals surface area contributed by atoms with E-state index in [0.29, 0.717) is 12.1 Å². The van der Waals surface area contributed by atoms with Gasteiger partial charge < -0.3 is 10.2 Å². The predicted molar refractivity (Wildman–Crippen MR) is 142 cm³/mol. The Morgan fingerprint density at radius 3 is 2.09 bits per heavy atom. The molecule has 0 bridgehead atoms. The summed E-state index contributed by atoms with van der Waals surface area (Å²) in [6.45, 7) is 11.3. The molecule has 2 amide bonds. The van der Waals surface area contributed by atoms with E-state index in [1.54, 1.807) is 12.1 Å². The molecule has 7 nitrogen and oxygen atoms in total. The first-order valence-electron chi connectivity index (χ1n) is 12.1. The summed E-state index contributed by atoms with van der Waals surface area (Å²) < 4.78 is 26.6. The first-order chi connectivity index (χ1) is 16.4. The topological polar surface area (TPSA) is 86.8 Å². The molecule has 0 fully saturated rings. The van der Waals surface area contributed by atoms with Gasteiger partial charge in [-0.05, 0) is 74.9 Å². The number of carbonyl (C=O) groups is 2. The zero-order valence-electron chi connectivity index (χ0n) is 22.0. The molecule has 8 heteroatoms.